The van der Waals surface area contributed by atoms with Gasteiger partial charge in [0.2, 0.25) is 0 Å². The molecule has 0 aliphatic heterocycles. The van der Waals surface area contributed by atoms with Gasteiger partial charge in [0.05, 0.1) is 6.61 Å². The van der Waals surface area contributed by atoms with E-state index in [0.29, 0.717) is 0 Å². The van der Waals surface area contributed by atoms with Crippen LogP contribution in [0.4, 0.5) is 0 Å². The SMILES string of the molecule is CN(CCCCS)C(C)(C)CO. The van der Waals surface area contributed by atoms with Crippen molar-refractivity contribution < 1.29 is 5.11 Å². The van der Waals surface area contributed by atoms with Gasteiger partial charge in [0.1, 0.15) is 0 Å². The lowest BCUT2D eigenvalue weighted by Gasteiger charge is -2.33. The minimum Gasteiger partial charge on any atom is -0.394 e. The summed E-state index contributed by atoms with van der Waals surface area (Å²) in [5.74, 6) is 0.952. The maximum atomic E-state index is 9.06. The average molecular weight is 191 g/mol. The summed E-state index contributed by atoms with van der Waals surface area (Å²) in [5, 5.41) is 9.06. The van der Waals surface area contributed by atoms with E-state index in [2.05, 4.69) is 24.6 Å². The van der Waals surface area contributed by atoms with Crippen molar-refractivity contribution in [3.05, 3.63) is 0 Å². The van der Waals surface area contributed by atoms with E-state index in [-0.39, 0.29) is 12.1 Å². The van der Waals surface area contributed by atoms with Crippen molar-refractivity contribution in [3.8, 4) is 0 Å². The van der Waals surface area contributed by atoms with E-state index < -0.39 is 0 Å². The Kier molecular flexibility index (Phi) is 5.97. The fourth-order valence-electron chi connectivity index (χ4n) is 0.884. The van der Waals surface area contributed by atoms with Crippen molar-refractivity contribution in [1.29, 1.82) is 0 Å². The minimum atomic E-state index is -0.0867. The predicted octanol–water partition coefficient (Wildman–Crippen LogP) is 1.40. The van der Waals surface area contributed by atoms with E-state index in [4.69, 9.17) is 5.11 Å². The van der Waals surface area contributed by atoms with Gasteiger partial charge >= 0.3 is 0 Å². The largest absolute Gasteiger partial charge is 0.394 e. The standard InChI is InChI=1S/C9H21NOS/c1-9(2,8-11)10(3)6-4-5-7-12/h11-12H,4-8H2,1-3H3. The minimum absolute atomic E-state index is 0.0867. The zero-order valence-electron chi connectivity index (χ0n) is 8.38. The molecule has 0 atom stereocenters. The Bertz CT molecular complexity index is 117. The normalized spacial score (nSPS) is 12.5. The number of hydrogen-bond donors (Lipinski definition) is 2. The van der Waals surface area contributed by atoms with Gasteiger partial charge < -0.3 is 5.11 Å². The summed E-state index contributed by atoms with van der Waals surface area (Å²) in [4.78, 5) is 2.19. The van der Waals surface area contributed by atoms with E-state index >= 15 is 0 Å². The van der Waals surface area contributed by atoms with E-state index in [1.165, 1.54) is 0 Å². The molecular formula is C9H21NOS. The van der Waals surface area contributed by atoms with Gasteiger partial charge in [0.25, 0.3) is 0 Å². The topological polar surface area (TPSA) is 23.5 Å². The Morgan fingerprint density at radius 3 is 2.33 bits per heavy atom. The number of likely N-dealkylation sites (N-methyl/N-ethyl adjacent to an activating group) is 1. The van der Waals surface area contributed by atoms with Crippen LogP contribution in [0.2, 0.25) is 0 Å². The van der Waals surface area contributed by atoms with E-state index in [0.717, 1.165) is 25.1 Å². The molecule has 0 unspecified atom stereocenters. The third-order valence-corrected chi connectivity index (χ3v) is 2.64. The lowest BCUT2D eigenvalue weighted by Crippen LogP contribution is -2.44. The van der Waals surface area contributed by atoms with Gasteiger partial charge in [-0.3, -0.25) is 4.90 Å². The Morgan fingerprint density at radius 1 is 1.33 bits per heavy atom. The molecule has 0 rings (SSSR count). The van der Waals surface area contributed by atoms with Gasteiger partial charge in [-0.05, 0) is 46.0 Å². The zero-order valence-corrected chi connectivity index (χ0v) is 9.27. The molecule has 12 heavy (non-hydrogen) atoms. The molecule has 0 aliphatic rings. The molecule has 0 spiro atoms. The fourth-order valence-corrected chi connectivity index (χ4v) is 1.11. The summed E-state index contributed by atoms with van der Waals surface area (Å²) >= 11 is 4.15. The van der Waals surface area contributed by atoms with Crippen LogP contribution in [0.5, 0.6) is 0 Å². The summed E-state index contributed by atoms with van der Waals surface area (Å²) < 4.78 is 0. The average Bonchev–Trinajstić information content (AvgIpc) is 2.05. The summed E-state index contributed by atoms with van der Waals surface area (Å²) in [6.07, 6.45) is 2.30. The van der Waals surface area contributed by atoms with E-state index in [9.17, 15) is 0 Å². The monoisotopic (exact) mass is 191 g/mol. The molecule has 0 aliphatic carbocycles. The summed E-state index contributed by atoms with van der Waals surface area (Å²) in [6.45, 7) is 5.35. The molecule has 0 bridgehead atoms. The van der Waals surface area contributed by atoms with Gasteiger partial charge in [-0.15, -0.1) is 0 Å². The molecule has 3 heteroatoms. The van der Waals surface area contributed by atoms with Gasteiger partial charge in [-0.1, -0.05) is 0 Å². The molecule has 0 aromatic heterocycles. The summed E-state index contributed by atoms with van der Waals surface area (Å²) in [5.41, 5.74) is -0.0867. The first-order valence-electron chi connectivity index (χ1n) is 4.47. The number of hydrogen-bond acceptors (Lipinski definition) is 3. The molecule has 0 amide bonds. The van der Waals surface area contributed by atoms with Crippen LogP contribution in [0.3, 0.4) is 0 Å². The Balaban J connectivity index is 3.63. The van der Waals surface area contributed by atoms with Crippen molar-refractivity contribution in [1.82, 2.24) is 4.90 Å². The van der Waals surface area contributed by atoms with Crippen molar-refractivity contribution in [3.63, 3.8) is 0 Å². The maximum Gasteiger partial charge on any atom is 0.0609 e. The van der Waals surface area contributed by atoms with Crippen LogP contribution in [0.25, 0.3) is 0 Å². The third kappa shape index (κ3) is 4.33. The first kappa shape index (κ1) is 12.3. The molecular weight excluding hydrogens is 170 g/mol. The Labute approximate surface area is 81.4 Å². The first-order chi connectivity index (χ1) is 5.54. The first-order valence-corrected chi connectivity index (χ1v) is 5.11. The number of aliphatic hydroxyl groups is 1. The molecule has 0 heterocycles. The van der Waals surface area contributed by atoms with Gasteiger partial charge in [0, 0.05) is 5.54 Å². The second-order valence-electron chi connectivity index (χ2n) is 3.82. The Morgan fingerprint density at radius 2 is 1.92 bits per heavy atom. The number of aliphatic hydroxyl groups excluding tert-OH is 1. The molecule has 0 aromatic rings. The Hall–Kier alpha value is 0.270. The van der Waals surface area contributed by atoms with Crippen molar-refractivity contribution in [2.24, 2.45) is 0 Å². The number of nitrogens with zero attached hydrogens (tertiary/aromatic N) is 1. The molecule has 2 nitrogen and oxygen atoms in total. The summed E-state index contributed by atoms with van der Waals surface area (Å²) in [7, 11) is 2.05. The van der Waals surface area contributed by atoms with Crippen LogP contribution < -0.4 is 0 Å². The van der Waals surface area contributed by atoms with Crippen LogP contribution in [0.1, 0.15) is 26.7 Å². The lowest BCUT2D eigenvalue weighted by atomic mass is 10.1. The highest BCUT2D eigenvalue weighted by Gasteiger charge is 2.21. The fraction of sp³-hybridized carbons (Fsp3) is 1.00. The van der Waals surface area contributed by atoms with Crippen LogP contribution in [-0.4, -0.2) is 41.5 Å². The highest BCUT2D eigenvalue weighted by molar-refractivity contribution is 7.80. The zero-order chi connectivity index (χ0) is 9.61. The summed E-state index contributed by atoms with van der Waals surface area (Å²) in [6, 6.07) is 0. The van der Waals surface area contributed by atoms with Crippen LogP contribution in [0, 0.1) is 0 Å². The van der Waals surface area contributed by atoms with E-state index in [1.807, 2.05) is 13.8 Å². The number of thiol groups is 1. The van der Waals surface area contributed by atoms with Crippen LogP contribution in [0.15, 0.2) is 0 Å². The number of rotatable bonds is 6. The predicted molar refractivity (Wildman–Crippen MR) is 56.9 cm³/mol. The molecule has 0 saturated heterocycles. The van der Waals surface area contributed by atoms with Crippen molar-refractivity contribution in [2.75, 3.05) is 26.0 Å². The third-order valence-electron chi connectivity index (χ3n) is 2.32. The van der Waals surface area contributed by atoms with E-state index in [1.54, 1.807) is 0 Å². The van der Waals surface area contributed by atoms with Crippen LogP contribution in [-0.2, 0) is 0 Å². The quantitative estimate of drug-likeness (QED) is 0.490. The van der Waals surface area contributed by atoms with Gasteiger partial charge in [0.15, 0.2) is 0 Å². The molecule has 0 saturated carbocycles. The highest BCUT2D eigenvalue weighted by Crippen LogP contribution is 2.11. The molecule has 0 fully saturated rings. The smallest absolute Gasteiger partial charge is 0.0609 e. The van der Waals surface area contributed by atoms with Crippen molar-refractivity contribution in [2.45, 2.75) is 32.2 Å². The molecule has 0 radical (unpaired) electrons. The van der Waals surface area contributed by atoms with Gasteiger partial charge in [-0.2, -0.15) is 12.6 Å². The van der Waals surface area contributed by atoms with Crippen molar-refractivity contribution >= 4 is 12.6 Å². The maximum absolute atomic E-state index is 9.06. The van der Waals surface area contributed by atoms with Crippen LogP contribution >= 0.6 is 12.6 Å². The molecule has 1 N–H and O–H groups in total. The second-order valence-corrected chi connectivity index (χ2v) is 4.27. The molecule has 0 aromatic carbocycles. The highest BCUT2D eigenvalue weighted by atomic mass is 32.1. The number of unbranched alkanes of at least 4 members (excludes halogenated alkanes) is 1. The second kappa shape index (κ2) is 5.84. The van der Waals surface area contributed by atoms with Gasteiger partial charge in [-0.25, -0.2) is 0 Å². The molecule has 74 valence electrons. The lowest BCUT2D eigenvalue weighted by molar-refractivity contribution is 0.0781.